The Bertz CT molecular complexity index is 574. The van der Waals surface area contributed by atoms with E-state index in [0.29, 0.717) is 12.6 Å². The predicted molar refractivity (Wildman–Crippen MR) is 107 cm³/mol. The highest BCUT2D eigenvalue weighted by Crippen LogP contribution is 2.23. The summed E-state index contributed by atoms with van der Waals surface area (Å²) < 4.78 is 0. The van der Waals surface area contributed by atoms with Gasteiger partial charge in [-0.05, 0) is 56.2 Å². The highest BCUT2D eigenvalue weighted by molar-refractivity contribution is 5.80. The fourth-order valence-corrected chi connectivity index (χ4v) is 3.50. The molecule has 1 aromatic rings. The maximum atomic E-state index is 4.75. The van der Waals surface area contributed by atoms with Gasteiger partial charge >= 0.3 is 0 Å². The highest BCUT2D eigenvalue weighted by atomic mass is 15.2. The van der Waals surface area contributed by atoms with Crippen LogP contribution in [0.1, 0.15) is 45.1 Å². The SMILES string of the molecule is CCNC(=NCc1ccc(N2CCC(C)CC2)cc1)NC1CC=CC1. The summed E-state index contributed by atoms with van der Waals surface area (Å²) in [5, 5.41) is 6.87. The molecule has 1 saturated heterocycles. The van der Waals surface area contributed by atoms with Gasteiger partial charge in [0.2, 0.25) is 0 Å². The fraction of sp³-hybridized carbons (Fsp3) is 0.571. The number of aliphatic imine (C=N–C) groups is 1. The van der Waals surface area contributed by atoms with Gasteiger partial charge in [-0.2, -0.15) is 0 Å². The first kappa shape index (κ1) is 17.8. The molecule has 2 aliphatic rings. The minimum atomic E-state index is 0.488. The van der Waals surface area contributed by atoms with Crippen LogP contribution in [-0.2, 0) is 6.54 Å². The Hall–Kier alpha value is -1.97. The van der Waals surface area contributed by atoms with Crippen molar-refractivity contribution in [2.75, 3.05) is 24.5 Å². The van der Waals surface area contributed by atoms with Gasteiger partial charge in [-0.15, -0.1) is 0 Å². The zero-order valence-corrected chi connectivity index (χ0v) is 15.7. The van der Waals surface area contributed by atoms with Crippen molar-refractivity contribution in [3.63, 3.8) is 0 Å². The molecule has 0 saturated carbocycles. The highest BCUT2D eigenvalue weighted by Gasteiger charge is 2.16. The molecule has 1 aliphatic heterocycles. The van der Waals surface area contributed by atoms with Gasteiger partial charge < -0.3 is 15.5 Å². The van der Waals surface area contributed by atoms with Crippen LogP contribution in [0.4, 0.5) is 5.69 Å². The lowest BCUT2D eigenvalue weighted by Crippen LogP contribution is -2.42. The van der Waals surface area contributed by atoms with Gasteiger partial charge in [0.15, 0.2) is 5.96 Å². The Kier molecular flexibility index (Phi) is 6.37. The van der Waals surface area contributed by atoms with E-state index in [-0.39, 0.29) is 0 Å². The molecular weight excluding hydrogens is 308 g/mol. The molecule has 0 unspecified atom stereocenters. The molecule has 0 amide bonds. The molecular formula is C21H32N4. The molecule has 1 aliphatic carbocycles. The second-order valence-electron chi connectivity index (χ2n) is 7.32. The standard InChI is InChI=1S/C21H32N4/c1-3-22-21(24-19-6-4-5-7-19)23-16-18-8-10-20(11-9-18)25-14-12-17(2)13-15-25/h4-5,8-11,17,19H,3,6-7,12-16H2,1-2H3,(H2,22,23,24). The number of hydrogen-bond donors (Lipinski definition) is 2. The summed E-state index contributed by atoms with van der Waals surface area (Å²) in [4.78, 5) is 7.26. The number of rotatable bonds is 5. The van der Waals surface area contributed by atoms with Crippen LogP contribution in [0, 0.1) is 5.92 Å². The number of benzene rings is 1. The molecule has 1 fully saturated rings. The summed E-state index contributed by atoms with van der Waals surface area (Å²) >= 11 is 0. The van der Waals surface area contributed by atoms with Gasteiger partial charge in [-0.3, -0.25) is 0 Å². The smallest absolute Gasteiger partial charge is 0.191 e. The zero-order valence-electron chi connectivity index (χ0n) is 15.7. The normalized spacial score (nSPS) is 19.4. The van der Waals surface area contributed by atoms with E-state index < -0.39 is 0 Å². The second-order valence-corrected chi connectivity index (χ2v) is 7.32. The number of hydrogen-bond acceptors (Lipinski definition) is 2. The number of nitrogens with zero attached hydrogens (tertiary/aromatic N) is 2. The summed E-state index contributed by atoms with van der Waals surface area (Å²) in [6.45, 7) is 8.44. The average Bonchev–Trinajstić information content (AvgIpc) is 3.14. The third-order valence-electron chi connectivity index (χ3n) is 5.20. The van der Waals surface area contributed by atoms with Crippen molar-refractivity contribution in [3.8, 4) is 0 Å². The van der Waals surface area contributed by atoms with E-state index in [0.717, 1.165) is 31.3 Å². The van der Waals surface area contributed by atoms with E-state index in [2.05, 4.69) is 65.8 Å². The minimum Gasteiger partial charge on any atom is -0.372 e. The van der Waals surface area contributed by atoms with Crippen LogP contribution in [0.15, 0.2) is 41.4 Å². The van der Waals surface area contributed by atoms with Crippen LogP contribution in [-0.4, -0.2) is 31.6 Å². The molecule has 2 N–H and O–H groups in total. The number of anilines is 1. The van der Waals surface area contributed by atoms with Crippen molar-refractivity contribution >= 4 is 11.6 Å². The zero-order chi connectivity index (χ0) is 17.5. The quantitative estimate of drug-likeness (QED) is 0.488. The maximum absolute atomic E-state index is 4.75. The van der Waals surface area contributed by atoms with Crippen LogP contribution in [0.5, 0.6) is 0 Å². The van der Waals surface area contributed by atoms with Gasteiger partial charge in [0, 0.05) is 31.4 Å². The van der Waals surface area contributed by atoms with Gasteiger partial charge in [0.1, 0.15) is 0 Å². The molecule has 3 rings (SSSR count). The summed E-state index contributed by atoms with van der Waals surface area (Å²) in [6, 6.07) is 9.43. The third kappa shape index (κ3) is 5.25. The third-order valence-corrected chi connectivity index (χ3v) is 5.20. The average molecular weight is 341 g/mol. The van der Waals surface area contributed by atoms with Gasteiger partial charge in [0.25, 0.3) is 0 Å². The van der Waals surface area contributed by atoms with E-state index in [1.165, 1.54) is 37.2 Å². The van der Waals surface area contributed by atoms with Crippen molar-refractivity contribution in [3.05, 3.63) is 42.0 Å². The van der Waals surface area contributed by atoms with Crippen molar-refractivity contribution in [1.82, 2.24) is 10.6 Å². The summed E-state index contributed by atoms with van der Waals surface area (Å²) in [7, 11) is 0. The molecule has 4 nitrogen and oxygen atoms in total. The Labute approximate surface area is 152 Å². The minimum absolute atomic E-state index is 0.488. The van der Waals surface area contributed by atoms with Crippen LogP contribution in [0.2, 0.25) is 0 Å². The van der Waals surface area contributed by atoms with E-state index >= 15 is 0 Å². The Morgan fingerprint density at radius 3 is 2.44 bits per heavy atom. The first-order chi connectivity index (χ1) is 12.2. The van der Waals surface area contributed by atoms with Crippen LogP contribution in [0.3, 0.4) is 0 Å². The van der Waals surface area contributed by atoms with Gasteiger partial charge in [-0.25, -0.2) is 4.99 Å². The molecule has 25 heavy (non-hydrogen) atoms. The van der Waals surface area contributed by atoms with Crippen molar-refractivity contribution < 1.29 is 0 Å². The molecule has 0 bridgehead atoms. The molecule has 136 valence electrons. The lowest BCUT2D eigenvalue weighted by atomic mass is 9.99. The lowest BCUT2D eigenvalue weighted by Gasteiger charge is -2.32. The van der Waals surface area contributed by atoms with Crippen LogP contribution < -0.4 is 15.5 Å². The Morgan fingerprint density at radius 2 is 1.80 bits per heavy atom. The Morgan fingerprint density at radius 1 is 1.12 bits per heavy atom. The summed E-state index contributed by atoms with van der Waals surface area (Å²) in [5.74, 6) is 1.79. The number of piperidine rings is 1. The van der Waals surface area contributed by atoms with E-state index in [4.69, 9.17) is 4.99 Å². The topological polar surface area (TPSA) is 39.7 Å². The molecule has 1 heterocycles. The number of nitrogens with one attached hydrogen (secondary N) is 2. The van der Waals surface area contributed by atoms with E-state index in [1.54, 1.807) is 0 Å². The van der Waals surface area contributed by atoms with E-state index in [1.807, 2.05) is 0 Å². The summed E-state index contributed by atoms with van der Waals surface area (Å²) in [6.07, 6.45) is 9.27. The molecule has 0 radical (unpaired) electrons. The second kappa shape index (κ2) is 8.93. The molecule has 0 atom stereocenters. The van der Waals surface area contributed by atoms with Crippen LogP contribution in [0.25, 0.3) is 0 Å². The van der Waals surface area contributed by atoms with Gasteiger partial charge in [0.05, 0.1) is 6.54 Å². The molecule has 0 spiro atoms. The monoisotopic (exact) mass is 340 g/mol. The molecule has 0 aromatic heterocycles. The van der Waals surface area contributed by atoms with Gasteiger partial charge in [-0.1, -0.05) is 31.2 Å². The summed E-state index contributed by atoms with van der Waals surface area (Å²) in [5.41, 5.74) is 2.61. The maximum Gasteiger partial charge on any atom is 0.191 e. The van der Waals surface area contributed by atoms with Crippen LogP contribution >= 0.6 is 0 Å². The lowest BCUT2D eigenvalue weighted by molar-refractivity contribution is 0.438. The fourth-order valence-electron chi connectivity index (χ4n) is 3.50. The van der Waals surface area contributed by atoms with Crippen molar-refractivity contribution in [2.24, 2.45) is 10.9 Å². The predicted octanol–water partition coefficient (Wildman–Crippen LogP) is 3.70. The molecule has 4 heteroatoms. The molecule has 1 aromatic carbocycles. The Balaban J connectivity index is 1.55. The largest absolute Gasteiger partial charge is 0.372 e. The number of guanidine groups is 1. The van der Waals surface area contributed by atoms with E-state index in [9.17, 15) is 0 Å². The first-order valence-electron chi connectivity index (χ1n) is 9.78. The van der Waals surface area contributed by atoms with Crippen molar-refractivity contribution in [2.45, 2.75) is 52.1 Å². The van der Waals surface area contributed by atoms with Crippen molar-refractivity contribution in [1.29, 1.82) is 0 Å². The first-order valence-corrected chi connectivity index (χ1v) is 9.78.